The number of hydrogen-bond acceptors (Lipinski definition) is 6. The number of aliphatic imine (C=N–C) groups is 1. The van der Waals surface area contributed by atoms with Crippen molar-refractivity contribution < 1.29 is 9.53 Å². The average molecular weight is 427 g/mol. The molecule has 160 valence electrons. The van der Waals surface area contributed by atoms with Crippen LogP contribution >= 0.6 is 11.3 Å². The first-order valence-electron chi connectivity index (χ1n) is 9.70. The number of carbonyl (C=O) groups excluding carboxylic acids is 1. The second kappa shape index (κ2) is 8.92. The van der Waals surface area contributed by atoms with Gasteiger partial charge in [-0.3, -0.25) is 25.5 Å². The topological polar surface area (TPSA) is 89.6 Å². The number of anilines is 1. The van der Waals surface area contributed by atoms with E-state index < -0.39 is 17.6 Å². The zero-order valence-corrected chi connectivity index (χ0v) is 19.4. The number of thiophene rings is 1. The van der Waals surface area contributed by atoms with Crippen LogP contribution in [-0.2, 0) is 9.53 Å². The van der Waals surface area contributed by atoms with Gasteiger partial charge in [0.1, 0.15) is 28.3 Å². The lowest BCUT2D eigenvalue weighted by Crippen LogP contribution is -2.41. The minimum Gasteiger partial charge on any atom is -0.460 e. The fraction of sp³-hybridized carbons (Fsp3) is 0.391. The number of fused-ring (bicyclic) bond motifs is 1. The van der Waals surface area contributed by atoms with Gasteiger partial charge in [0.05, 0.1) is 12.1 Å². The van der Waals surface area contributed by atoms with Crippen LogP contribution < -0.4 is 4.90 Å². The first kappa shape index (κ1) is 23.5. The Labute approximate surface area is 182 Å². The number of rotatable bonds is 5. The maximum Gasteiger partial charge on any atom is 0.308 e. The normalized spacial score (nSPS) is 17.1. The number of carbonyl (C=O) groups is 1. The van der Waals surface area contributed by atoms with Gasteiger partial charge in [-0.15, -0.1) is 11.3 Å². The Hall–Kier alpha value is -2.80. The second-order valence-electron chi connectivity index (χ2n) is 8.12. The first-order chi connectivity index (χ1) is 13.9. The summed E-state index contributed by atoms with van der Waals surface area (Å²) < 4.78 is 5.47. The van der Waals surface area contributed by atoms with Crippen LogP contribution in [0.3, 0.4) is 0 Å². The molecule has 2 heterocycles. The van der Waals surface area contributed by atoms with E-state index in [1.807, 2.05) is 19.9 Å². The number of nitrogens with zero attached hydrogens (tertiary/aromatic N) is 2. The molecular weight excluding hydrogens is 396 g/mol. The van der Waals surface area contributed by atoms with Crippen LogP contribution in [0.4, 0.5) is 5.00 Å². The summed E-state index contributed by atoms with van der Waals surface area (Å²) in [6, 6.07) is -0.789. The Morgan fingerprint density at radius 2 is 1.97 bits per heavy atom. The van der Waals surface area contributed by atoms with Crippen molar-refractivity contribution in [2.24, 2.45) is 4.99 Å². The molecule has 1 aromatic heterocycles. The lowest BCUT2D eigenvalue weighted by molar-refractivity contribution is -0.154. The third-order valence-corrected chi connectivity index (χ3v) is 5.75. The van der Waals surface area contributed by atoms with E-state index in [0.717, 1.165) is 26.6 Å². The number of amidine groups is 2. The standard InChI is InChI=1S/C23H30N4O2S/c1-9-11-16(10-2)20-19-13(3)14(4)30-22(19)27(15(5)24)21(25)17(26-20)12-18(28)29-23(6,7)8/h9-11,17,24-25H,1-2,12H2,3-8H3/b16-11+,24-15?,25-21?. The molecular formula is C23H30N4O2S. The van der Waals surface area contributed by atoms with Crippen LogP contribution in [0.5, 0.6) is 0 Å². The molecule has 7 heteroatoms. The molecule has 1 aromatic rings. The molecule has 30 heavy (non-hydrogen) atoms. The van der Waals surface area contributed by atoms with Gasteiger partial charge in [0.25, 0.3) is 0 Å². The third-order valence-electron chi connectivity index (χ3n) is 4.55. The predicted octanol–water partition coefficient (Wildman–Crippen LogP) is 5.35. The van der Waals surface area contributed by atoms with Crippen molar-refractivity contribution >= 4 is 39.7 Å². The van der Waals surface area contributed by atoms with Gasteiger partial charge >= 0.3 is 5.97 Å². The molecule has 1 unspecified atom stereocenters. The molecule has 0 radical (unpaired) electrons. The highest BCUT2D eigenvalue weighted by atomic mass is 32.1. The number of hydrogen-bond donors (Lipinski definition) is 2. The SMILES string of the molecule is C=C/C=C(\C=C)C1=NC(CC(=O)OC(C)(C)C)C(=N)N(C(C)=N)c2sc(C)c(C)c21. The van der Waals surface area contributed by atoms with Crippen molar-refractivity contribution in [3.8, 4) is 0 Å². The molecule has 0 aromatic carbocycles. The summed E-state index contributed by atoms with van der Waals surface area (Å²) in [6.07, 6.45) is 5.07. The molecule has 1 aliphatic rings. The summed E-state index contributed by atoms with van der Waals surface area (Å²) in [5.41, 5.74) is 2.65. The number of allylic oxidation sites excluding steroid dienone is 4. The Bertz CT molecular complexity index is 976. The molecule has 1 aliphatic heterocycles. The summed E-state index contributed by atoms with van der Waals surface area (Å²) in [6.45, 7) is 18.7. The van der Waals surface area contributed by atoms with Crippen molar-refractivity contribution in [1.82, 2.24) is 0 Å². The lowest BCUT2D eigenvalue weighted by atomic mass is 9.99. The zero-order valence-electron chi connectivity index (χ0n) is 18.5. The summed E-state index contributed by atoms with van der Waals surface area (Å²) in [5, 5.41) is 17.9. The van der Waals surface area contributed by atoms with Crippen LogP contribution in [0.15, 0.2) is 42.0 Å². The Morgan fingerprint density at radius 3 is 2.47 bits per heavy atom. The molecule has 6 nitrogen and oxygen atoms in total. The molecule has 1 atom stereocenters. The van der Waals surface area contributed by atoms with Crippen LogP contribution in [0.2, 0.25) is 0 Å². The summed E-state index contributed by atoms with van der Waals surface area (Å²) in [7, 11) is 0. The zero-order chi connectivity index (χ0) is 22.8. The number of esters is 1. The van der Waals surface area contributed by atoms with E-state index in [1.54, 1.807) is 44.7 Å². The Morgan fingerprint density at radius 1 is 1.33 bits per heavy atom. The van der Waals surface area contributed by atoms with E-state index in [4.69, 9.17) is 20.5 Å². The van der Waals surface area contributed by atoms with Gasteiger partial charge in [0.2, 0.25) is 0 Å². The maximum atomic E-state index is 12.6. The van der Waals surface area contributed by atoms with Gasteiger partial charge < -0.3 is 4.74 Å². The quantitative estimate of drug-likeness (QED) is 0.288. The monoisotopic (exact) mass is 426 g/mol. The smallest absolute Gasteiger partial charge is 0.308 e. The summed E-state index contributed by atoms with van der Waals surface area (Å²) in [5.74, 6) is -0.164. The second-order valence-corrected chi connectivity index (χ2v) is 9.32. The molecule has 0 bridgehead atoms. The van der Waals surface area contributed by atoms with Crippen molar-refractivity contribution in [3.63, 3.8) is 0 Å². The highest BCUT2D eigenvalue weighted by Gasteiger charge is 2.35. The highest BCUT2D eigenvalue weighted by Crippen LogP contribution is 2.40. The number of nitrogens with one attached hydrogen (secondary N) is 2. The number of aryl methyl sites for hydroxylation is 1. The van der Waals surface area contributed by atoms with Gasteiger partial charge in [0.15, 0.2) is 0 Å². The van der Waals surface area contributed by atoms with Gasteiger partial charge in [-0.25, -0.2) is 0 Å². The molecule has 0 saturated carbocycles. The van der Waals surface area contributed by atoms with Crippen LogP contribution in [0.25, 0.3) is 0 Å². The van der Waals surface area contributed by atoms with Gasteiger partial charge in [0, 0.05) is 10.4 Å². The van der Waals surface area contributed by atoms with Gasteiger partial charge in [-0.2, -0.15) is 0 Å². The third kappa shape index (κ3) is 4.84. The molecule has 0 fully saturated rings. The number of ether oxygens (including phenoxy) is 1. The van der Waals surface area contributed by atoms with E-state index in [0.29, 0.717) is 5.71 Å². The van der Waals surface area contributed by atoms with E-state index in [9.17, 15) is 4.79 Å². The average Bonchev–Trinajstić information content (AvgIpc) is 2.83. The molecule has 0 aliphatic carbocycles. The fourth-order valence-corrected chi connectivity index (χ4v) is 4.41. The molecule has 0 amide bonds. The van der Waals surface area contributed by atoms with Gasteiger partial charge in [-0.1, -0.05) is 31.4 Å². The van der Waals surface area contributed by atoms with Crippen LogP contribution in [0, 0.1) is 24.7 Å². The van der Waals surface area contributed by atoms with E-state index in [1.165, 1.54) is 11.3 Å². The van der Waals surface area contributed by atoms with Crippen LogP contribution in [0.1, 0.15) is 50.1 Å². The largest absolute Gasteiger partial charge is 0.460 e. The van der Waals surface area contributed by atoms with E-state index in [-0.39, 0.29) is 18.1 Å². The summed E-state index contributed by atoms with van der Waals surface area (Å²) in [4.78, 5) is 20.0. The van der Waals surface area contributed by atoms with Crippen molar-refractivity contribution in [2.45, 2.75) is 59.6 Å². The predicted molar refractivity (Wildman–Crippen MR) is 127 cm³/mol. The molecule has 2 N–H and O–H groups in total. The fourth-order valence-electron chi connectivity index (χ4n) is 3.19. The lowest BCUT2D eigenvalue weighted by Gasteiger charge is -2.25. The molecule has 0 saturated heterocycles. The van der Waals surface area contributed by atoms with Gasteiger partial charge in [-0.05, 0) is 52.7 Å². The highest BCUT2D eigenvalue weighted by molar-refractivity contribution is 7.17. The van der Waals surface area contributed by atoms with Crippen molar-refractivity contribution in [2.75, 3.05) is 4.90 Å². The first-order valence-corrected chi connectivity index (χ1v) is 10.5. The van der Waals surface area contributed by atoms with Crippen LogP contribution in [-0.4, -0.2) is 35.0 Å². The van der Waals surface area contributed by atoms with Crippen molar-refractivity contribution in [3.05, 3.63) is 53.0 Å². The summed E-state index contributed by atoms with van der Waals surface area (Å²) >= 11 is 1.51. The molecule has 0 spiro atoms. The van der Waals surface area contributed by atoms with E-state index >= 15 is 0 Å². The van der Waals surface area contributed by atoms with E-state index in [2.05, 4.69) is 13.2 Å². The van der Waals surface area contributed by atoms with Crippen molar-refractivity contribution in [1.29, 1.82) is 10.8 Å². The maximum absolute atomic E-state index is 12.6. The molecule has 2 rings (SSSR count). The minimum absolute atomic E-state index is 0.0767. The minimum atomic E-state index is -0.789. The Kier molecular flexibility index (Phi) is 6.98. The Balaban J connectivity index is 2.72.